The summed E-state index contributed by atoms with van der Waals surface area (Å²) in [5.74, 6) is -0.819. The molecule has 0 aliphatic carbocycles. The minimum absolute atomic E-state index is 0.0868. The second-order valence-corrected chi connectivity index (χ2v) is 8.13. The number of ether oxygens (including phenoxy) is 2. The van der Waals surface area contributed by atoms with Crippen LogP contribution in [-0.2, 0) is 14.3 Å². The Morgan fingerprint density at radius 3 is 2.04 bits per heavy atom. The molecule has 134 valence electrons. The molecule has 6 nitrogen and oxygen atoms in total. The molecule has 1 heterocycles. The number of amides is 1. The van der Waals surface area contributed by atoms with Crippen LogP contribution in [0.4, 0.5) is 4.79 Å². The SMILES string of the molecule is CCC[C@H]1[C@@H](C(=O)OC(C)(C)C)N(C(=O)OC(C)(C)C)C[C@@H]1O. The van der Waals surface area contributed by atoms with Gasteiger partial charge in [0.25, 0.3) is 0 Å². The van der Waals surface area contributed by atoms with Gasteiger partial charge in [0, 0.05) is 5.92 Å². The molecule has 0 unspecified atom stereocenters. The average Bonchev–Trinajstić information content (AvgIpc) is 2.63. The van der Waals surface area contributed by atoms with Gasteiger partial charge >= 0.3 is 12.1 Å². The highest BCUT2D eigenvalue weighted by Crippen LogP contribution is 2.32. The third-order valence-corrected chi connectivity index (χ3v) is 3.52. The molecule has 6 heteroatoms. The van der Waals surface area contributed by atoms with E-state index in [0.717, 1.165) is 6.42 Å². The van der Waals surface area contributed by atoms with E-state index < -0.39 is 35.4 Å². The van der Waals surface area contributed by atoms with Gasteiger partial charge in [-0.15, -0.1) is 0 Å². The van der Waals surface area contributed by atoms with Gasteiger partial charge in [0.1, 0.15) is 17.2 Å². The van der Waals surface area contributed by atoms with E-state index in [9.17, 15) is 14.7 Å². The molecular formula is C17H31NO5. The number of likely N-dealkylation sites (tertiary alicyclic amines) is 1. The minimum Gasteiger partial charge on any atom is -0.458 e. The largest absolute Gasteiger partial charge is 0.458 e. The van der Waals surface area contributed by atoms with Crippen molar-refractivity contribution in [3.05, 3.63) is 0 Å². The summed E-state index contributed by atoms with van der Waals surface area (Å²) in [7, 11) is 0. The first kappa shape index (κ1) is 19.7. The van der Waals surface area contributed by atoms with Crippen LogP contribution in [0.2, 0.25) is 0 Å². The summed E-state index contributed by atoms with van der Waals surface area (Å²) < 4.78 is 10.8. The van der Waals surface area contributed by atoms with Gasteiger partial charge in [-0.2, -0.15) is 0 Å². The Labute approximate surface area is 139 Å². The zero-order valence-electron chi connectivity index (χ0n) is 15.4. The van der Waals surface area contributed by atoms with Crippen LogP contribution in [0.5, 0.6) is 0 Å². The van der Waals surface area contributed by atoms with Crippen molar-refractivity contribution in [1.82, 2.24) is 4.90 Å². The molecule has 1 N–H and O–H groups in total. The summed E-state index contributed by atoms with van der Waals surface area (Å²) in [6.45, 7) is 12.7. The lowest BCUT2D eigenvalue weighted by atomic mass is 9.93. The van der Waals surface area contributed by atoms with Crippen molar-refractivity contribution >= 4 is 12.1 Å². The van der Waals surface area contributed by atoms with Gasteiger partial charge in [-0.05, 0) is 48.0 Å². The maximum atomic E-state index is 12.6. The molecule has 0 radical (unpaired) electrons. The molecule has 1 fully saturated rings. The van der Waals surface area contributed by atoms with Crippen LogP contribution in [-0.4, -0.2) is 52.0 Å². The Morgan fingerprint density at radius 1 is 1.09 bits per heavy atom. The van der Waals surface area contributed by atoms with E-state index in [1.54, 1.807) is 41.5 Å². The van der Waals surface area contributed by atoms with Crippen molar-refractivity contribution in [2.45, 2.75) is 84.7 Å². The number of hydrogen-bond donors (Lipinski definition) is 1. The van der Waals surface area contributed by atoms with Gasteiger partial charge < -0.3 is 14.6 Å². The molecule has 1 amide bonds. The van der Waals surface area contributed by atoms with Crippen molar-refractivity contribution in [1.29, 1.82) is 0 Å². The van der Waals surface area contributed by atoms with Crippen molar-refractivity contribution in [2.75, 3.05) is 6.54 Å². The second kappa shape index (κ2) is 7.07. The lowest BCUT2D eigenvalue weighted by molar-refractivity contribution is -0.162. The maximum Gasteiger partial charge on any atom is 0.411 e. The van der Waals surface area contributed by atoms with Crippen LogP contribution in [0.1, 0.15) is 61.3 Å². The number of rotatable bonds is 3. The molecule has 0 spiro atoms. The number of aliphatic hydroxyl groups excluding tert-OH is 1. The molecule has 0 bridgehead atoms. The summed E-state index contributed by atoms with van der Waals surface area (Å²) in [6, 6.07) is -0.806. The van der Waals surface area contributed by atoms with Gasteiger partial charge in [0.05, 0.1) is 12.6 Å². The molecule has 23 heavy (non-hydrogen) atoms. The predicted molar refractivity (Wildman–Crippen MR) is 87.0 cm³/mol. The number of hydrogen-bond acceptors (Lipinski definition) is 5. The fourth-order valence-corrected chi connectivity index (χ4v) is 2.75. The van der Waals surface area contributed by atoms with Crippen molar-refractivity contribution in [3.63, 3.8) is 0 Å². The molecule has 0 aromatic carbocycles. The highest BCUT2D eigenvalue weighted by atomic mass is 16.6. The zero-order valence-corrected chi connectivity index (χ0v) is 15.4. The summed E-state index contributed by atoms with van der Waals surface area (Å²) >= 11 is 0. The van der Waals surface area contributed by atoms with E-state index in [1.807, 2.05) is 6.92 Å². The number of esters is 1. The summed E-state index contributed by atoms with van der Waals surface area (Å²) in [4.78, 5) is 26.3. The van der Waals surface area contributed by atoms with Crippen LogP contribution in [0.25, 0.3) is 0 Å². The first-order valence-electron chi connectivity index (χ1n) is 8.26. The standard InChI is InChI=1S/C17H31NO5/c1-8-9-11-12(19)10-18(15(21)23-17(5,6)7)13(11)14(20)22-16(2,3)4/h11-13,19H,8-10H2,1-7H3/t11-,12+,13+/m1/s1. The molecule has 3 atom stereocenters. The van der Waals surface area contributed by atoms with Gasteiger partial charge in [0.15, 0.2) is 0 Å². The third kappa shape index (κ3) is 5.68. The smallest absolute Gasteiger partial charge is 0.411 e. The topological polar surface area (TPSA) is 76.1 Å². The highest BCUT2D eigenvalue weighted by molar-refractivity contribution is 5.83. The molecular weight excluding hydrogens is 298 g/mol. The number of carbonyl (C=O) groups excluding carboxylic acids is 2. The van der Waals surface area contributed by atoms with E-state index in [2.05, 4.69) is 0 Å². The summed E-state index contributed by atoms with van der Waals surface area (Å²) in [5.41, 5.74) is -1.32. The predicted octanol–water partition coefficient (Wildman–Crippen LogP) is 2.72. The lowest BCUT2D eigenvalue weighted by Gasteiger charge is -2.31. The molecule has 1 rings (SSSR count). The number of carbonyl (C=O) groups is 2. The monoisotopic (exact) mass is 329 g/mol. The Balaban J connectivity index is 3.02. The van der Waals surface area contributed by atoms with Crippen molar-refractivity contribution in [2.24, 2.45) is 5.92 Å². The summed E-state index contributed by atoms with van der Waals surface area (Å²) in [5, 5.41) is 10.3. The fraction of sp³-hybridized carbons (Fsp3) is 0.882. The number of β-amino-alcohol motifs (C(OH)–C–C–N with tert-alkyl or cyclic N) is 1. The van der Waals surface area contributed by atoms with E-state index in [1.165, 1.54) is 4.90 Å². The lowest BCUT2D eigenvalue weighted by Crippen LogP contribution is -2.47. The van der Waals surface area contributed by atoms with E-state index >= 15 is 0 Å². The van der Waals surface area contributed by atoms with Crippen molar-refractivity contribution in [3.8, 4) is 0 Å². The Bertz CT molecular complexity index is 435. The van der Waals surface area contributed by atoms with Crippen molar-refractivity contribution < 1.29 is 24.2 Å². The second-order valence-electron chi connectivity index (χ2n) is 8.13. The normalized spacial score (nSPS) is 25.4. The van der Waals surface area contributed by atoms with E-state index in [4.69, 9.17) is 9.47 Å². The first-order chi connectivity index (χ1) is 10.4. The summed E-state index contributed by atoms with van der Waals surface area (Å²) in [6.07, 6.45) is 0.110. The van der Waals surface area contributed by atoms with Gasteiger partial charge in [0.2, 0.25) is 0 Å². The third-order valence-electron chi connectivity index (χ3n) is 3.52. The molecule has 0 aromatic heterocycles. The average molecular weight is 329 g/mol. The number of nitrogens with zero attached hydrogens (tertiary/aromatic N) is 1. The van der Waals surface area contributed by atoms with Gasteiger partial charge in [-0.25, -0.2) is 9.59 Å². The van der Waals surface area contributed by atoms with E-state index in [-0.39, 0.29) is 12.5 Å². The highest BCUT2D eigenvalue weighted by Gasteiger charge is 2.49. The molecule has 1 aliphatic heterocycles. The molecule has 0 saturated carbocycles. The molecule has 1 aliphatic rings. The zero-order chi connectivity index (χ0) is 18.0. The fourth-order valence-electron chi connectivity index (χ4n) is 2.75. The minimum atomic E-state index is -0.806. The Morgan fingerprint density at radius 2 is 1.61 bits per heavy atom. The number of aliphatic hydroxyl groups is 1. The first-order valence-corrected chi connectivity index (χ1v) is 8.26. The van der Waals surface area contributed by atoms with Gasteiger partial charge in [-0.1, -0.05) is 13.3 Å². The quantitative estimate of drug-likeness (QED) is 0.806. The Kier molecular flexibility index (Phi) is 6.07. The Hall–Kier alpha value is -1.30. The van der Waals surface area contributed by atoms with Crippen LogP contribution in [0.15, 0.2) is 0 Å². The van der Waals surface area contributed by atoms with Crippen LogP contribution in [0.3, 0.4) is 0 Å². The maximum absolute atomic E-state index is 12.6. The van der Waals surface area contributed by atoms with Gasteiger partial charge in [-0.3, -0.25) is 4.90 Å². The van der Waals surface area contributed by atoms with Crippen LogP contribution in [0, 0.1) is 5.92 Å². The molecule has 0 aromatic rings. The van der Waals surface area contributed by atoms with Crippen LogP contribution >= 0.6 is 0 Å². The van der Waals surface area contributed by atoms with E-state index in [0.29, 0.717) is 6.42 Å². The molecule has 1 saturated heterocycles. The van der Waals surface area contributed by atoms with Crippen LogP contribution < -0.4 is 0 Å².